The first kappa shape index (κ1) is 21.8. The fraction of sp³-hybridized carbons (Fsp3) is 0.136. The molecule has 9 heteroatoms. The number of carbonyl (C=O) groups is 2. The van der Waals surface area contributed by atoms with Crippen molar-refractivity contribution in [2.24, 2.45) is 0 Å². The number of hydrogen-bond acceptors (Lipinski definition) is 5. The highest BCUT2D eigenvalue weighted by Gasteiger charge is 2.18. The molecule has 2 heterocycles. The van der Waals surface area contributed by atoms with Gasteiger partial charge in [0.1, 0.15) is 13.9 Å². The van der Waals surface area contributed by atoms with Gasteiger partial charge in [-0.3, -0.25) is 9.78 Å². The molecule has 31 heavy (non-hydrogen) atoms. The Kier molecular flexibility index (Phi) is 6.22. The van der Waals surface area contributed by atoms with Crippen LogP contribution in [0.1, 0.15) is 26.4 Å². The third-order valence-corrected chi connectivity index (χ3v) is 4.91. The third kappa shape index (κ3) is 5.58. The van der Waals surface area contributed by atoms with Crippen LogP contribution in [0.15, 0.2) is 48.8 Å². The summed E-state index contributed by atoms with van der Waals surface area (Å²) in [5, 5.41) is 19.8. The molecular formula is C22H19FN4O3Si. The number of nitrogens with zero attached hydrogens (tertiary/aromatic N) is 3. The maximum Gasteiger partial charge on any atom is 0.337 e. The van der Waals surface area contributed by atoms with Gasteiger partial charge < -0.3 is 10.4 Å². The van der Waals surface area contributed by atoms with Crippen LogP contribution in [0.5, 0.6) is 0 Å². The minimum absolute atomic E-state index is 0.0156. The number of nitrogens with one attached hydrogen (secondary N) is 1. The zero-order valence-corrected chi connectivity index (χ0v) is 18.1. The third-order valence-electron chi connectivity index (χ3n) is 4.03. The smallest absolute Gasteiger partial charge is 0.337 e. The molecule has 0 saturated heterocycles. The number of amides is 1. The van der Waals surface area contributed by atoms with Gasteiger partial charge in [0.25, 0.3) is 5.91 Å². The lowest BCUT2D eigenvalue weighted by atomic mass is 10.1. The van der Waals surface area contributed by atoms with Gasteiger partial charge in [-0.1, -0.05) is 25.6 Å². The first-order valence-electron chi connectivity index (χ1n) is 9.29. The minimum atomic E-state index is -1.79. The van der Waals surface area contributed by atoms with Crippen LogP contribution in [0.25, 0.3) is 11.3 Å². The van der Waals surface area contributed by atoms with Gasteiger partial charge in [-0.2, -0.15) is 0 Å². The molecule has 2 N–H and O–H groups in total. The van der Waals surface area contributed by atoms with E-state index in [9.17, 15) is 19.1 Å². The first-order chi connectivity index (χ1) is 14.6. The van der Waals surface area contributed by atoms with Crippen LogP contribution in [0.4, 0.5) is 10.1 Å². The van der Waals surface area contributed by atoms with Gasteiger partial charge in [0.2, 0.25) is 0 Å². The van der Waals surface area contributed by atoms with Crippen LogP contribution >= 0.6 is 0 Å². The van der Waals surface area contributed by atoms with Crippen LogP contribution in [0.2, 0.25) is 19.6 Å². The van der Waals surface area contributed by atoms with E-state index in [0.29, 0.717) is 5.69 Å². The molecule has 7 nitrogen and oxygen atoms in total. The second-order valence-corrected chi connectivity index (χ2v) is 12.4. The summed E-state index contributed by atoms with van der Waals surface area (Å²) in [6.07, 6.45) is 3.23. The molecule has 0 spiro atoms. The molecule has 0 saturated carbocycles. The van der Waals surface area contributed by atoms with Crippen molar-refractivity contribution in [1.29, 1.82) is 0 Å². The lowest BCUT2D eigenvalue weighted by Crippen LogP contribution is -2.18. The van der Waals surface area contributed by atoms with E-state index in [-0.39, 0.29) is 22.5 Å². The number of benzene rings is 1. The Morgan fingerprint density at radius 2 is 1.77 bits per heavy atom. The van der Waals surface area contributed by atoms with Gasteiger partial charge in [-0.25, -0.2) is 9.18 Å². The van der Waals surface area contributed by atoms with Crippen molar-refractivity contribution in [2.75, 3.05) is 5.32 Å². The van der Waals surface area contributed by atoms with Gasteiger partial charge >= 0.3 is 5.97 Å². The molecular weight excluding hydrogens is 415 g/mol. The summed E-state index contributed by atoms with van der Waals surface area (Å²) in [6, 6.07) is 8.67. The molecule has 0 bridgehead atoms. The number of carboxylic acid groups (broad SMARTS) is 1. The fourth-order valence-corrected chi connectivity index (χ4v) is 3.03. The van der Waals surface area contributed by atoms with E-state index < -0.39 is 25.8 Å². The molecule has 3 rings (SSSR count). The maximum atomic E-state index is 14.3. The zero-order valence-electron chi connectivity index (χ0n) is 17.1. The standard InChI is InChI=1S/C22H19FN4O3Si/c1-31(2,3)11-8-15-12-20(16(22(29)30)13-17(15)23)25-21(28)19-5-4-18(26-27-19)14-6-9-24-10-7-14/h4-7,9-10,12-13H,1-3H3,(H,25,28)(H,29,30). The Balaban J connectivity index is 1.90. The Morgan fingerprint density at radius 3 is 2.35 bits per heavy atom. The number of anilines is 1. The molecule has 0 radical (unpaired) electrons. The van der Waals surface area contributed by atoms with Crippen LogP contribution < -0.4 is 5.32 Å². The number of carbonyl (C=O) groups excluding carboxylic acids is 1. The van der Waals surface area contributed by atoms with E-state index >= 15 is 0 Å². The van der Waals surface area contributed by atoms with E-state index in [1.165, 1.54) is 12.1 Å². The average molecular weight is 435 g/mol. The summed E-state index contributed by atoms with van der Waals surface area (Å²) in [7, 11) is -1.79. The summed E-state index contributed by atoms with van der Waals surface area (Å²) >= 11 is 0. The summed E-state index contributed by atoms with van der Waals surface area (Å²) in [5.41, 5.74) is 3.90. The first-order valence-corrected chi connectivity index (χ1v) is 12.8. The van der Waals surface area contributed by atoms with Crippen LogP contribution in [0.3, 0.4) is 0 Å². The van der Waals surface area contributed by atoms with Gasteiger partial charge in [-0.05, 0) is 36.4 Å². The largest absolute Gasteiger partial charge is 0.478 e. The molecule has 0 aliphatic carbocycles. The second-order valence-electron chi connectivity index (χ2n) is 7.68. The van der Waals surface area contributed by atoms with Gasteiger partial charge in [0.15, 0.2) is 5.69 Å². The van der Waals surface area contributed by atoms with Crippen molar-refractivity contribution in [1.82, 2.24) is 15.2 Å². The Bertz CT molecular complexity index is 1200. The number of aromatic nitrogens is 3. The Hall–Kier alpha value is -3.90. The summed E-state index contributed by atoms with van der Waals surface area (Å²) < 4.78 is 14.3. The average Bonchev–Trinajstić information content (AvgIpc) is 2.73. The highest BCUT2D eigenvalue weighted by Crippen LogP contribution is 2.22. The van der Waals surface area contributed by atoms with Gasteiger partial charge in [0.05, 0.1) is 22.5 Å². The Labute approximate surface area is 179 Å². The minimum Gasteiger partial charge on any atom is -0.478 e. The van der Waals surface area contributed by atoms with E-state index in [4.69, 9.17) is 0 Å². The summed E-state index contributed by atoms with van der Waals surface area (Å²) in [6.45, 7) is 6.00. The predicted octanol–water partition coefficient (Wildman–Crippen LogP) is 3.86. The van der Waals surface area contributed by atoms with Crippen LogP contribution in [0, 0.1) is 17.3 Å². The summed E-state index contributed by atoms with van der Waals surface area (Å²) in [4.78, 5) is 28.1. The van der Waals surface area contributed by atoms with Crippen LogP contribution in [-0.2, 0) is 0 Å². The molecule has 1 aromatic carbocycles. The number of halogens is 1. The molecule has 0 aliphatic rings. The number of rotatable bonds is 4. The molecule has 0 fully saturated rings. The fourth-order valence-electron chi connectivity index (χ4n) is 2.52. The zero-order chi connectivity index (χ0) is 22.6. The van der Waals surface area contributed by atoms with E-state index in [1.807, 2.05) is 19.6 Å². The molecule has 3 aromatic rings. The van der Waals surface area contributed by atoms with Gasteiger partial charge in [-0.15, -0.1) is 15.7 Å². The van der Waals surface area contributed by atoms with E-state index in [0.717, 1.165) is 11.6 Å². The van der Waals surface area contributed by atoms with Crippen molar-refractivity contribution in [3.63, 3.8) is 0 Å². The Morgan fingerprint density at radius 1 is 1.06 bits per heavy atom. The summed E-state index contributed by atoms with van der Waals surface area (Å²) in [5.74, 6) is -0.0549. The number of hydrogen-bond donors (Lipinski definition) is 2. The normalized spacial score (nSPS) is 10.7. The van der Waals surface area contributed by atoms with Crippen LogP contribution in [-0.4, -0.2) is 40.2 Å². The number of carboxylic acids is 1. The number of aromatic carboxylic acids is 1. The number of pyridine rings is 1. The monoisotopic (exact) mass is 434 g/mol. The van der Waals surface area contributed by atoms with E-state index in [1.54, 1.807) is 30.6 Å². The van der Waals surface area contributed by atoms with E-state index in [2.05, 4.69) is 32.0 Å². The van der Waals surface area contributed by atoms with Crippen molar-refractivity contribution >= 4 is 25.6 Å². The molecule has 0 atom stereocenters. The predicted molar refractivity (Wildman–Crippen MR) is 117 cm³/mol. The molecule has 0 aliphatic heterocycles. The van der Waals surface area contributed by atoms with Crippen molar-refractivity contribution in [3.05, 3.63) is 71.4 Å². The SMILES string of the molecule is C[Si](C)(C)C#Cc1cc(NC(=O)c2ccc(-c3ccncc3)nn2)c(C(=O)O)cc1F. The van der Waals surface area contributed by atoms with Crippen molar-refractivity contribution in [3.8, 4) is 22.7 Å². The molecule has 2 aromatic heterocycles. The lowest BCUT2D eigenvalue weighted by molar-refractivity contribution is 0.0697. The molecule has 0 unspecified atom stereocenters. The second kappa shape index (κ2) is 8.85. The van der Waals surface area contributed by atoms with Crippen molar-refractivity contribution < 1.29 is 19.1 Å². The van der Waals surface area contributed by atoms with Gasteiger partial charge in [0, 0.05) is 18.0 Å². The lowest BCUT2D eigenvalue weighted by Gasteiger charge is -2.10. The maximum absolute atomic E-state index is 14.3. The molecule has 156 valence electrons. The topological polar surface area (TPSA) is 105 Å². The van der Waals surface area contributed by atoms with Crippen molar-refractivity contribution in [2.45, 2.75) is 19.6 Å². The highest BCUT2D eigenvalue weighted by molar-refractivity contribution is 6.83. The highest BCUT2D eigenvalue weighted by atomic mass is 28.3. The molecule has 1 amide bonds. The quantitative estimate of drug-likeness (QED) is 0.477.